The minimum atomic E-state index is -0.376. The Hall–Kier alpha value is -2.56. The molecule has 0 N–H and O–H groups in total. The Balaban J connectivity index is 2.41. The lowest BCUT2D eigenvalue weighted by molar-refractivity contribution is 0.104. The molecule has 30 heavy (non-hydrogen) atoms. The monoisotopic (exact) mass is 427 g/mol. The summed E-state index contributed by atoms with van der Waals surface area (Å²) in [5, 5.41) is 0.542. The number of carbonyl (C=O) groups is 1. The second-order valence-electron chi connectivity index (χ2n) is 7.96. The molecule has 0 aliphatic heterocycles. The normalized spacial score (nSPS) is 11.7. The lowest BCUT2D eigenvalue weighted by Gasteiger charge is -2.23. The predicted molar refractivity (Wildman–Crippen MR) is 125 cm³/mol. The minimum absolute atomic E-state index is 0.158. The summed E-state index contributed by atoms with van der Waals surface area (Å²) in [6, 6.07) is 9.34. The van der Waals surface area contributed by atoms with E-state index >= 15 is 0 Å². The van der Waals surface area contributed by atoms with Crippen LogP contribution in [0.5, 0.6) is 11.5 Å². The molecule has 0 heterocycles. The molecule has 0 saturated heterocycles. The van der Waals surface area contributed by atoms with Crippen molar-refractivity contribution in [1.29, 1.82) is 0 Å². The van der Waals surface area contributed by atoms with Gasteiger partial charge in [-0.2, -0.15) is 0 Å². The van der Waals surface area contributed by atoms with Crippen molar-refractivity contribution in [3.05, 3.63) is 76.3 Å². The van der Waals surface area contributed by atoms with Gasteiger partial charge in [0.05, 0.1) is 19.8 Å². The molecule has 0 saturated carbocycles. The summed E-state index contributed by atoms with van der Waals surface area (Å²) in [7, 11) is 7.19. The van der Waals surface area contributed by atoms with Crippen LogP contribution in [0.3, 0.4) is 0 Å². The van der Waals surface area contributed by atoms with Crippen LogP contribution < -0.4 is 9.47 Å². The van der Waals surface area contributed by atoms with Gasteiger partial charge in [0.15, 0.2) is 5.78 Å². The number of ketones is 1. The van der Waals surface area contributed by atoms with Crippen molar-refractivity contribution >= 4 is 23.5 Å². The zero-order valence-electron chi connectivity index (χ0n) is 18.6. The van der Waals surface area contributed by atoms with E-state index in [0.717, 1.165) is 29.0 Å². The van der Waals surface area contributed by atoms with Gasteiger partial charge in [0.25, 0.3) is 0 Å². The number of hydrogen-bond acceptors (Lipinski definition) is 4. The highest BCUT2D eigenvalue weighted by Crippen LogP contribution is 2.36. The fraction of sp³-hybridized carbons (Fsp3) is 0.320. The molecule has 5 heteroatoms. The van der Waals surface area contributed by atoms with Crippen LogP contribution in [0.1, 0.15) is 40.9 Å². The summed E-state index contributed by atoms with van der Waals surface area (Å²) in [6.07, 6.45) is 5.17. The molecular weight excluding hydrogens is 398 g/mol. The fourth-order valence-corrected chi connectivity index (χ4v) is 3.55. The van der Waals surface area contributed by atoms with E-state index in [1.165, 1.54) is 7.11 Å². The Morgan fingerprint density at radius 2 is 1.80 bits per heavy atom. The molecule has 2 aromatic rings. The molecule has 0 amide bonds. The highest BCUT2D eigenvalue weighted by Gasteiger charge is 2.23. The average Bonchev–Trinajstić information content (AvgIpc) is 2.71. The molecule has 2 aromatic carbocycles. The van der Waals surface area contributed by atoms with E-state index < -0.39 is 0 Å². The van der Waals surface area contributed by atoms with Crippen molar-refractivity contribution in [2.45, 2.75) is 25.8 Å². The number of allylic oxidation sites excluding steroid dienone is 2. The van der Waals surface area contributed by atoms with Gasteiger partial charge in [-0.25, -0.2) is 0 Å². The van der Waals surface area contributed by atoms with Crippen molar-refractivity contribution in [1.82, 2.24) is 4.90 Å². The van der Waals surface area contributed by atoms with Gasteiger partial charge in [-0.3, -0.25) is 4.79 Å². The minimum Gasteiger partial charge on any atom is -0.496 e. The van der Waals surface area contributed by atoms with E-state index in [9.17, 15) is 4.79 Å². The molecule has 0 fully saturated rings. The van der Waals surface area contributed by atoms with Crippen molar-refractivity contribution in [2.24, 2.45) is 0 Å². The number of nitrogens with zero attached hydrogens (tertiary/aromatic N) is 1. The van der Waals surface area contributed by atoms with Gasteiger partial charge >= 0.3 is 0 Å². The van der Waals surface area contributed by atoms with Crippen LogP contribution in [0.4, 0.5) is 0 Å². The maximum atomic E-state index is 13.0. The zero-order valence-corrected chi connectivity index (χ0v) is 19.3. The molecule has 160 valence electrons. The number of rotatable bonds is 9. The molecule has 0 atom stereocenters. The largest absolute Gasteiger partial charge is 0.496 e. The van der Waals surface area contributed by atoms with E-state index in [4.69, 9.17) is 21.1 Å². The van der Waals surface area contributed by atoms with Gasteiger partial charge in [-0.05, 0) is 55.6 Å². The van der Waals surface area contributed by atoms with E-state index in [0.29, 0.717) is 16.3 Å². The van der Waals surface area contributed by atoms with Gasteiger partial charge in [0.1, 0.15) is 11.5 Å². The van der Waals surface area contributed by atoms with E-state index in [1.807, 2.05) is 52.2 Å². The van der Waals surface area contributed by atoms with Crippen LogP contribution in [0, 0.1) is 0 Å². The van der Waals surface area contributed by atoms with Gasteiger partial charge in [0.2, 0.25) is 0 Å². The smallest absolute Gasteiger partial charge is 0.189 e. The zero-order chi connectivity index (χ0) is 22.5. The second kappa shape index (κ2) is 9.96. The molecule has 0 bridgehead atoms. The first-order chi connectivity index (χ1) is 14.1. The van der Waals surface area contributed by atoms with Crippen molar-refractivity contribution in [2.75, 3.05) is 28.3 Å². The molecule has 0 aliphatic carbocycles. The standard InChI is InChI=1S/C25H30ClNO3/c1-8-25(2,3)20-14-19(24(30-7)15-21(20)26)22(28)11-9-17-10-12-23(29-6)18(13-17)16-27(4)5/h8-15H,1,16H2,2-7H3. The fourth-order valence-electron chi connectivity index (χ4n) is 3.15. The highest BCUT2D eigenvalue weighted by atomic mass is 35.5. The van der Waals surface area contributed by atoms with E-state index in [1.54, 1.807) is 31.4 Å². The number of ether oxygens (including phenoxy) is 2. The van der Waals surface area contributed by atoms with Crippen LogP contribution in [0.15, 0.2) is 49.1 Å². The summed E-state index contributed by atoms with van der Waals surface area (Å²) in [6.45, 7) is 8.63. The van der Waals surface area contributed by atoms with Crippen LogP contribution in [-0.2, 0) is 12.0 Å². The van der Waals surface area contributed by atoms with Gasteiger partial charge < -0.3 is 14.4 Å². The first-order valence-corrected chi connectivity index (χ1v) is 10.1. The third-order valence-corrected chi connectivity index (χ3v) is 5.29. The van der Waals surface area contributed by atoms with Gasteiger partial charge in [-0.15, -0.1) is 6.58 Å². The van der Waals surface area contributed by atoms with Crippen molar-refractivity contribution in [3.8, 4) is 11.5 Å². The van der Waals surface area contributed by atoms with Crippen molar-refractivity contribution in [3.63, 3.8) is 0 Å². The predicted octanol–water partition coefficient (Wildman–Crippen LogP) is 5.78. The highest BCUT2D eigenvalue weighted by molar-refractivity contribution is 6.32. The topological polar surface area (TPSA) is 38.8 Å². The van der Waals surface area contributed by atoms with Crippen molar-refractivity contribution < 1.29 is 14.3 Å². The quantitative estimate of drug-likeness (QED) is 0.289. The Bertz CT molecular complexity index is 961. The Kier molecular flexibility index (Phi) is 7.88. The van der Waals surface area contributed by atoms with Crippen LogP contribution in [-0.4, -0.2) is 39.0 Å². The number of carbonyl (C=O) groups excluding carboxylic acids is 1. The Labute approximate surface area is 184 Å². The molecule has 2 rings (SSSR count). The summed E-state index contributed by atoms with van der Waals surface area (Å²) < 4.78 is 10.8. The van der Waals surface area contributed by atoms with Gasteiger partial charge in [-0.1, -0.05) is 43.7 Å². The summed E-state index contributed by atoms with van der Waals surface area (Å²) in [5.74, 6) is 1.11. The Morgan fingerprint density at radius 1 is 1.13 bits per heavy atom. The van der Waals surface area contributed by atoms with E-state index in [2.05, 4.69) is 11.5 Å². The van der Waals surface area contributed by atoms with E-state index in [-0.39, 0.29) is 11.2 Å². The first-order valence-electron chi connectivity index (χ1n) is 9.68. The number of halogens is 1. The van der Waals surface area contributed by atoms with Crippen LogP contribution in [0.25, 0.3) is 6.08 Å². The molecule has 0 radical (unpaired) electrons. The maximum absolute atomic E-state index is 13.0. The number of hydrogen-bond donors (Lipinski definition) is 0. The molecule has 0 aliphatic rings. The SMILES string of the molecule is C=CC(C)(C)c1cc(C(=O)C=Cc2ccc(OC)c(CN(C)C)c2)c(OC)cc1Cl. The lowest BCUT2D eigenvalue weighted by Crippen LogP contribution is -2.15. The maximum Gasteiger partial charge on any atom is 0.189 e. The van der Waals surface area contributed by atoms with Gasteiger partial charge in [0, 0.05) is 22.5 Å². The molecule has 0 spiro atoms. The third-order valence-electron chi connectivity index (χ3n) is 4.98. The summed E-state index contributed by atoms with van der Waals surface area (Å²) in [5.41, 5.74) is 2.88. The molecule has 0 unspecified atom stereocenters. The Morgan fingerprint density at radius 3 is 2.37 bits per heavy atom. The second-order valence-corrected chi connectivity index (χ2v) is 8.37. The summed E-state index contributed by atoms with van der Waals surface area (Å²) >= 11 is 6.44. The van der Waals surface area contributed by atoms with Crippen LogP contribution in [0.2, 0.25) is 5.02 Å². The third kappa shape index (κ3) is 5.53. The molecule has 0 aromatic heterocycles. The van der Waals surface area contributed by atoms with Crippen LogP contribution >= 0.6 is 11.6 Å². The number of benzene rings is 2. The average molecular weight is 428 g/mol. The molecular formula is C25H30ClNO3. The number of methoxy groups -OCH3 is 2. The summed E-state index contributed by atoms with van der Waals surface area (Å²) in [4.78, 5) is 15.1. The lowest BCUT2D eigenvalue weighted by atomic mass is 9.83. The first kappa shape index (κ1) is 23.7. The molecule has 4 nitrogen and oxygen atoms in total.